The number of benzene rings is 1. The molecule has 126 valence electrons. The van der Waals surface area contributed by atoms with E-state index in [-0.39, 0.29) is 11.3 Å². The van der Waals surface area contributed by atoms with Crippen LogP contribution in [0.25, 0.3) is 0 Å². The minimum atomic E-state index is -1.07. The van der Waals surface area contributed by atoms with E-state index in [1.807, 2.05) is 24.3 Å². The molecule has 0 spiro atoms. The highest BCUT2D eigenvalue weighted by atomic mass is 35.5. The van der Waals surface area contributed by atoms with Gasteiger partial charge in [0.15, 0.2) is 5.82 Å². The van der Waals surface area contributed by atoms with Crippen LogP contribution in [0.2, 0.25) is 5.02 Å². The molecule has 0 amide bonds. The third-order valence-electron chi connectivity index (χ3n) is 4.84. The van der Waals surface area contributed by atoms with E-state index < -0.39 is 5.60 Å². The summed E-state index contributed by atoms with van der Waals surface area (Å²) >= 11 is 5.97. The molecule has 4 nitrogen and oxygen atoms in total. The largest absolute Gasteiger partial charge is 0.381 e. The zero-order valence-electron chi connectivity index (χ0n) is 14.3. The van der Waals surface area contributed by atoms with Crippen LogP contribution in [0.4, 0.5) is 0 Å². The van der Waals surface area contributed by atoms with Crippen molar-refractivity contribution < 1.29 is 5.11 Å². The molecular formula is C18H26ClN3O. The lowest BCUT2D eigenvalue weighted by atomic mass is 9.67. The highest BCUT2D eigenvalue weighted by molar-refractivity contribution is 6.30. The van der Waals surface area contributed by atoms with Gasteiger partial charge in [-0.25, -0.2) is 4.98 Å². The van der Waals surface area contributed by atoms with Gasteiger partial charge in [0.25, 0.3) is 0 Å². The average molecular weight is 336 g/mol. The fourth-order valence-electron chi connectivity index (χ4n) is 3.28. The Morgan fingerprint density at radius 2 is 1.91 bits per heavy atom. The number of aromatic amines is 1. The van der Waals surface area contributed by atoms with Crippen molar-refractivity contribution >= 4 is 11.6 Å². The lowest BCUT2D eigenvalue weighted by Crippen LogP contribution is -2.44. The Morgan fingerprint density at radius 3 is 2.43 bits per heavy atom. The second-order valence-corrected chi connectivity index (χ2v) is 7.42. The fraction of sp³-hybridized carbons (Fsp3) is 0.556. The molecular weight excluding hydrogens is 310 g/mol. The van der Waals surface area contributed by atoms with Crippen molar-refractivity contribution in [3.63, 3.8) is 0 Å². The van der Waals surface area contributed by atoms with Crippen LogP contribution in [-0.4, -0.2) is 20.3 Å². The second kappa shape index (κ2) is 7.02. The van der Waals surface area contributed by atoms with E-state index >= 15 is 0 Å². The summed E-state index contributed by atoms with van der Waals surface area (Å²) in [5.74, 6) is 0.704. The van der Waals surface area contributed by atoms with Gasteiger partial charge in [-0.1, -0.05) is 57.8 Å². The van der Waals surface area contributed by atoms with Gasteiger partial charge in [0.05, 0.1) is 0 Å². The van der Waals surface area contributed by atoms with E-state index in [2.05, 4.69) is 42.9 Å². The van der Waals surface area contributed by atoms with Crippen molar-refractivity contribution in [2.45, 2.75) is 58.5 Å². The molecule has 2 N–H and O–H groups in total. The number of hydrogen-bond acceptors (Lipinski definition) is 3. The molecule has 0 saturated carbocycles. The molecule has 1 aromatic carbocycles. The normalized spacial score (nSPS) is 16.1. The van der Waals surface area contributed by atoms with Gasteiger partial charge in [-0.05, 0) is 36.5 Å². The maximum atomic E-state index is 11.6. The predicted molar refractivity (Wildman–Crippen MR) is 93.5 cm³/mol. The Labute approximate surface area is 143 Å². The zero-order chi connectivity index (χ0) is 17.1. The molecule has 1 aromatic heterocycles. The van der Waals surface area contributed by atoms with Crippen LogP contribution in [0.15, 0.2) is 30.6 Å². The number of rotatable bonds is 7. The first-order chi connectivity index (χ1) is 10.8. The summed E-state index contributed by atoms with van der Waals surface area (Å²) in [7, 11) is 0. The van der Waals surface area contributed by atoms with Crippen LogP contribution in [-0.2, 0) is 5.60 Å². The van der Waals surface area contributed by atoms with Crippen molar-refractivity contribution in [2.24, 2.45) is 5.41 Å². The minimum Gasteiger partial charge on any atom is -0.381 e. The van der Waals surface area contributed by atoms with E-state index in [4.69, 9.17) is 11.6 Å². The quantitative estimate of drug-likeness (QED) is 0.773. The lowest BCUT2D eigenvalue weighted by molar-refractivity contribution is -0.0954. The summed E-state index contributed by atoms with van der Waals surface area (Å²) in [6.45, 7) is 8.43. The highest BCUT2D eigenvalue weighted by Gasteiger charge is 2.47. The molecule has 0 saturated heterocycles. The number of halogens is 1. The van der Waals surface area contributed by atoms with E-state index in [9.17, 15) is 5.11 Å². The number of hydrogen-bond donors (Lipinski definition) is 2. The van der Waals surface area contributed by atoms with Crippen molar-refractivity contribution in [3.05, 3.63) is 47.0 Å². The third kappa shape index (κ3) is 3.75. The number of nitrogens with zero attached hydrogens (tertiary/aromatic N) is 2. The van der Waals surface area contributed by atoms with Gasteiger partial charge >= 0.3 is 0 Å². The summed E-state index contributed by atoms with van der Waals surface area (Å²) < 4.78 is 0. The Hall–Kier alpha value is -1.39. The number of aromatic nitrogens is 3. The molecule has 0 fully saturated rings. The van der Waals surface area contributed by atoms with E-state index in [0.29, 0.717) is 12.2 Å². The van der Waals surface area contributed by atoms with Gasteiger partial charge in [-0.2, -0.15) is 5.10 Å². The van der Waals surface area contributed by atoms with Crippen LogP contribution in [0.5, 0.6) is 0 Å². The first-order valence-corrected chi connectivity index (χ1v) is 8.51. The van der Waals surface area contributed by atoms with Gasteiger partial charge in [-0.15, -0.1) is 0 Å². The van der Waals surface area contributed by atoms with Gasteiger partial charge in [0.1, 0.15) is 11.9 Å². The summed E-state index contributed by atoms with van der Waals surface area (Å²) in [6.07, 6.45) is 3.92. The van der Waals surface area contributed by atoms with E-state index in [1.54, 1.807) is 0 Å². The van der Waals surface area contributed by atoms with Crippen molar-refractivity contribution in [1.82, 2.24) is 15.2 Å². The molecule has 0 aliphatic heterocycles. The fourth-order valence-corrected chi connectivity index (χ4v) is 3.41. The molecule has 23 heavy (non-hydrogen) atoms. The van der Waals surface area contributed by atoms with Gasteiger partial charge in [0.2, 0.25) is 0 Å². The molecule has 0 aliphatic carbocycles. The summed E-state index contributed by atoms with van der Waals surface area (Å²) in [4.78, 5) is 4.26. The molecule has 2 rings (SSSR count). The summed E-state index contributed by atoms with van der Waals surface area (Å²) in [6, 6.07) is 7.80. The molecule has 0 radical (unpaired) electrons. The highest BCUT2D eigenvalue weighted by Crippen LogP contribution is 2.47. The Bertz CT molecular complexity index is 610. The minimum absolute atomic E-state index is 0.165. The van der Waals surface area contributed by atoms with E-state index in [1.165, 1.54) is 6.33 Å². The standard InChI is InChI=1S/C18H26ClN3O/c1-5-10-17(3,4)18(23,16-20-12-21-22-16)11-13(2)14-6-8-15(19)9-7-14/h6-9,12-13,23H,5,10-11H2,1-4H3,(H,20,21,22). The maximum absolute atomic E-state index is 11.6. The zero-order valence-corrected chi connectivity index (χ0v) is 15.1. The first kappa shape index (κ1) is 18.0. The second-order valence-electron chi connectivity index (χ2n) is 6.98. The van der Waals surface area contributed by atoms with Crippen LogP contribution in [0.3, 0.4) is 0 Å². The third-order valence-corrected chi connectivity index (χ3v) is 5.09. The monoisotopic (exact) mass is 335 g/mol. The smallest absolute Gasteiger partial charge is 0.156 e. The van der Waals surface area contributed by atoms with Crippen LogP contribution in [0, 0.1) is 5.41 Å². The summed E-state index contributed by atoms with van der Waals surface area (Å²) in [5, 5.41) is 19.1. The average Bonchev–Trinajstić information content (AvgIpc) is 3.02. The SMILES string of the molecule is CCCC(C)(C)C(O)(CC(C)c1ccc(Cl)cc1)c1ncn[nH]1. The molecule has 2 atom stereocenters. The maximum Gasteiger partial charge on any atom is 0.156 e. The Kier molecular flexibility index (Phi) is 5.48. The van der Waals surface area contributed by atoms with Crippen LogP contribution in [0.1, 0.15) is 64.3 Å². The van der Waals surface area contributed by atoms with E-state index in [0.717, 1.165) is 23.4 Å². The molecule has 1 heterocycles. The lowest BCUT2D eigenvalue weighted by Gasteiger charge is -2.42. The number of aliphatic hydroxyl groups is 1. The number of nitrogens with one attached hydrogen (secondary N) is 1. The molecule has 0 aliphatic rings. The van der Waals surface area contributed by atoms with Gasteiger partial charge < -0.3 is 5.11 Å². The van der Waals surface area contributed by atoms with Crippen molar-refractivity contribution in [3.8, 4) is 0 Å². The molecule has 2 unspecified atom stereocenters. The van der Waals surface area contributed by atoms with Gasteiger partial charge in [0, 0.05) is 10.4 Å². The first-order valence-electron chi connectivity index (χ1n) is 8.14. The van der Waals surface area contributed by atoms with Crippen molar-refractivity contribution in [1.29, 1.82) is 0 Å². The summed E-state index contributed by atoms with van der Waals surface area (Å²) in [5.41, 5.74) is -0.236. The van der Waals surface area contributed by atoms with Crippen molar-refractivity contribution in [2.75, 3.05) is 0 Å². The Morgan fingerprint density at radius 1 is 1.26 bits per heavy atom. The molecule has 0 bridgehead atoms. The topological polar surface area (TPSA) is 61.8 Å². The Balaban J connectivity index is 2.33. The molecule has 5 heteroatoms. The van der Waals surface area contributed by atoms with Crippen LogP contribution < -0.4 is 0 Å². The predicted octanol–water partition coefficient (Wildman–Crippen LogP) is 4.67. The number of H-pyrrole nitrogens is 1. The molecule has 2 aromatic rings. The van der Waals surface area contributed by atoms with Crippen LogP contribution >= 0.6 is 11.6 Å². The van der Waals surface area contributed by atoms with Gasteiger partial charge in [-0.3, -0.25) is 5.10 Å².